The maximum absolute atomic E-state index is 13.8. The van der Waals surface area contributed by atoms with Crippen LogP contribution in [0.2, 0.25) is 0 Å². The number of alkyl halides is 3. The SMILES string of the molecule is CCCCc1ccc(S(=O)(=O)Nc2ccc(C(F)(F)F)c(F)c2F)cc1. The number of hydrogen-bond acceptors (Lipinski definition) is 2. The fourth-order valence-corrected chi connectivity index (χ4v) is 3.33. The van der Waals surface area contributed by atoms with Gasteiger partial charge in [-0.3, -0.25) is 4.72 Å². The molecule has 2 rings (SSSR count). The third-order valence-corrected chi connectivity index (χ3v) is 5.07. The van der Waals surface area contributed by atoms with E-state index >= 15 is 0 Å². The molecule has 0 bridgehead atoms. The zero-order valence-electron chi connectivity index (χ0n) is 13.7. The number of unbranched alkanes of at least 4 members (excludes halogenated alkanes) is 1. The zero-order chi connectivity index (χ0) is 19.5. The third kappa shape index (κ3) is 4.51. The number of aryl methyl sites for hydroxylation is 1. The molecule has 0 radical (unpaired) electrons. The zero-order valence-corrected chi connectivity index (χ0v) is 14.5. The summed E-state index contributed by atoms with van der Waals surface area (Å²) in [6.07, 6.45) is -2.42. The van der Waals surface area contributed by atoms with E-state index in [9.17, 15) is 30.4 Å². The molecule has 0 spiro atoms. The Morgan fingerprint density at radius 3 is 2.12 bits per heavy atom. The predicted octanol–water partition coefficient (Wildman–Crippen LogP) is 5.13. The molecule has 0 aliphatic heterocycles. The highest BCUT2D eigenvalue weighted by molar-refractivity contribution is 7.92. The predicted molar refractivity (Wildman–Crippen MR) is 87.2 cm³/mol. The van der Waals surface area contributed by atoms with Crippen molar-refractivity contribution in [1.82, 2.24) is 0 Å². The van der Waals surface area contributed by atoms with E-state index in [1.807, 2.05) is 6.92 Å². The lowest BCUT2D eigenvalue weighted by Gasteiger charge is -2.13. The van der Waals surface area contributed by atoms with E-state index in [1.165, 1.54) is 12.1 Å². The summed E-state index contributed by atoms with van der Waals surface area (Å²) in [4.78, 5) is -0.211. The van der Waals surface area contributed by atoms with Crippen molar-refractivity contribution in [3.05, 3.63) is 59.2 Å². The van der Waals surface area contributed by atoms with Crippen LogP contribution in [0.1, 0.15) is 30.9 Å². The van der Waals surface area contributed by atoms with Crippen molar-refractivity contribution in [1.29, 1.82) is 0 Å². The van der Waals surface area contributed by atoms with E-state index in [-0.39, 0.29) is 11.0 Å². The maximum atomic E-state index is 13.8. The molecule has 142 valence electrons. The average molecular weight is 393 g/mol. The summed E-state index contributed by atoms with van der Waals surface area (Å²) >= 11 is 0. The first-order valence-corrected chi connectivity index (χ1v) is 9.21. The highest BCUT2D eigenvalue weighted by Crippen LogP contribution is 2.34. The van der Waals surface area contributed by atoms with Gasteiger partial charge in [0.2, 0.25) is 0 Å². The van der Waals surface area contributed by atoms with Crippen molar-refractivity contribution in [2.24, 2.45) is 0 Å². The van der Waals surface area contributed by atoms with Crippen molar-refractivity contribution in [2.45, 2.75) is 37.3 Å². The van der Waals surface area contributed by atoms with E-state index in [0.29, 0.717) is 6.07 Å². The Kier molecular flexibility index (Phi) is 5.90. The van der Waals surface area contributed by atoms with Crippen LogP contribution in [0.5, 0.6) is 0 Å². The van der Waals surface area contributed by atoms with Crippen LogP contribution in [-0.4, -0.2) is 8.42 Å². The first-order chi connectivity index (χ1) is 12.1. The van der Waals surface area contributed by atoms with Gasteiger partial charge in [-0.25, -0.2) is 17.2 Å². The highest BCUT2D eigenvalue weighted by atomic mass is 32.2. The largest absolute Gasteiger partial charge is 0.419 e. The van der Waals surface area contributed by atoms with Crippen LogP contribution in [-0.2, 0) is 22.6 Å². The van der Waals surface area contributed by atoms with Crippen LogP contribution >= 0.6 is 0 Å². The summed E-state index contributed by atoms with van der Waals surface area (Å²) in [6, 6.07) is 6.59. The minimum atomic E-state index is -5.09. The van der Waals surface area contributed by atoms with Crippen LogP contribution in [0.3, 0.4) is 0 Å². The van der Waals surface area contributed by atoms with Gasteiger partial charge < -0.3 is 0 Å². The van der Waals surface area contributed by atoms with Crippen LogP contribution in [0.4, 0.5) is 27.6 Å². The lowest BCUT2D eigenvalue weighted by atomic mass is 10.1. The van der Waals surface area contributed by atoms with Gasteiger partial charge >= 0.3 is 6.18 Å². The normalized spacial score (nSPS) is 12.2. The summed E-state index contributed by atoms with van der Waals surface area (Å²) in [5.74, 6) is -4.07. The van der Waals surface area contributed by atoms with Crippen LogP contribution < -0.4 is 4.72 Å². The molecule has 26 heavy (non-hydrogen) atoms. The lowest BCUT2D eigenvalue weighted by molar-refractivity contribution is -0.140. The summed E-state index contributed by atoms with van der Waals surface area (Å²) in [5.41, 5.74) is -1.79. The maximum Gasteiger partial charge on any atom is 0.419 e. The molecule has 0 heterocycles. The van der Waals surface area contributed by atoms with Gasteiger partial charge in [-0.1, -0.05) is 25.5 Å². The van der Waals surface area contributed by atoms with Crippen molar-refractivity contribution in [3.63, 3.8) is 0 Å². The summed E-state index contributed by atoms with van der Waals surface area (Å²) in [5, 5.41) is 0. The summed E-state index contributed by atoms with van der Waals surface area (Å²) < 4.78 is 91.3. The Morgan fingerprint density at radius 2 is 1.58 bits per heavy atom. The average Bonchev–Trinajstić information content (AvgIpc) is 2.56. The Labute approximate surface area is 147 Å². The van der Waals surface area contributed by atoms with Gasteiger partial charge in [0.15, 0.2) is 11.6 Å². The minimum Gasteiger partial charge on any atom is -0.277 e. The van der Waals surface area contributed by atoms with Gasteiger partial charge in [-0.2, -0.15) is 13.2 Å². The fraction of sp³-hybridized carbons (Fsp3) is 0.294. The molecule has 2 aromatic carbocycles. The van der Waals surface area contributed by atoms with Gasteiger partial charge in [0.25, 0.3) is 10.0 Å². The first-order valence-electron chi connectivity index (χ1n) is 7.73. The molecule has 0 fully saturated rings. The Hall–Kier alpha value is -2.16. The number of benzene rings is 2. The highest BCUT2D eigenvalue weighted by Gasteiger charge is 2.36. The van der Waals surface area contributed by atoms with E-state index in [1.54, 1.807) is 16.9 Å². The molecule has 0 aromatic heterocycles. The van der Waals surface area contributed by atoms with E-state index in [2.05, 4.69) is 0 Å². The molecule has 0 amide bonds. The Morgan fingerprint density at radius 1 is 0.962 bits per heavy atom. The molecular weight excluding hydrogens is 377 g/mol. The smallest absolute Gasteiger partial charge is 0.277 e. The topological polar surface area (TPSA) is 46.2 Å². The molecular formula is C17H16F5NO2S. The Balaban J connectivity index is 2.28. The molecule has 2 aromatic rings. The summed E-state index contributed by atoms with van der Waals surface area (Å²) in [7, 11) is -4.28. The summed E-state index contributed by atoms with van der Waals surface area (Å²) in [6.45, 7) is 2.01. The lowest BCUT2D eigenvalue weighted by Crippen LogP contribution is -2.16. The Bertz CT molecular complexity index is 877. The number of sulfonamides is 1. The number of rotatable bonds is 6. The van der Waals surface area contributed by atoms with Gasteiger partial charge in [0.05, 0.1) is 16.1 Å². The van der Waals surface area contributed by atoms with Gasteiger partial charge in [-0.05, 0) is 42.7 Å². The number of nitrogens with one attached hydrogen (secondary N) is 1. The standard InChI is InChI=1S/C17H16F5NO2S/c1-2-3-4-11-5-7-12(8-6-11)26(24,25)23-14-10-9-13(17(20,21)22)15(18)16(14)19/h5-10,23H,2-4H2,1H3. The van der Waals surface area contributed by atoms with E-state index < -0.39 is 39.1 Å². The van der Waals surface area contributed by atoms with Crippen molar-refractivity contribution in [3.8, 4) is 0 Å². The van der Waals surface area contributed by atoms with Crippen molar-refractivity contribution in [2.75, 3.05) is 4.72 Å². The second-order valence-electron chi connectivity index (χ2n) is 5.64. The molecule has 0 unspecified atom stereocenters. The van der Waals surface area contributed by atoms with E-state index in [4.69, 9.17) is 0 Å². The number of hydrogen-bond donors (Lipinski definition) is 1. The second kappa shape index (κ2) is 7.61. The molecule has 0 atom stereocenters. The molecule has 0 saturated carbocycles. The van der Waals surface area contributed by atoms with Crippen molar-refractivity contribution < 1.29 is 30.4 Å². The van der Waals surface area contributed by atoms with Crippen LogP contribution in [0.25, 0.3) is 0 Å². The van der Waals surface area contributed by atoms with E-state index in [0.717, 1.165) is 24.8 Å². The minimum absolute atomic E-state index is 0.211. The molecule has 9 heteroatoms. The third-order valence-electron chi connectivity index (χ3n) is 3.68. The van der Waals surface area contributed by atoms with Gasteiger partial charge in [-0.15, -0.1) is 0 Å². The van der Waals surface area contributed by atoms with Crippen LogP contribution in [0, 0.1) is 11.6 Å². The molecule has 0 aliphatic carbocycles. The second-order valence-corrected chi connectivity index (χ2v) is 7.32. The van der Waals surface area contributed by atoms with Crippen molar-refractivity contribution >= 4 is 15.7 Å². The monoisotopic (exact) mass is 393 g/mol. The molecule has 1 N–H and O–H groups in total. The number of anilines is 1. The quantitative estimate of drug-likeness (QED) is 0.692. The van der Waals surface area contributed by atoms with Gasteiger partial charge in [0, 0.05) is 0 Å². The molecule has 3 nitrogen and oxygen atoms in total. The van der Waals surface area contributed by atoms with Gasteiger partial charge in [0.1, 0.15) is 0 Å². The van der Waals surface area contributed by atoms with Crippen LogP contribution in [0.15, 0.2) is 41.3 Å². The first kappa shape index (κ1) is 20.2. The molecule has 0 saturated heterocycles. The molecule has 0 aliphatic rings. The fourth-order valence-electron chi connectivity index (χ4n) is 2.27. The number of halogens is 5.